The zero-order chi connectivity index (χ0) is 21.2. The Hall–Kier alpha value is -3.49. The van der Waals surface area contributed by atoms with Gasteiger partial charge in [-0.1, -0.05) is 30.8 Å². The van der Waals surface area contributed by atoms with E-state index in [1.165, 1.54) is 25.3 Å². The number of carbonyl (C=O) groups excluding carboxylic acids is 2. The molecule has 0 radical (unpaired) electrons. The maximum absolute atomic E-state index is 13.2. The van der Waals surface area contributed by atoms with Crippen molar-refractivity contribution in [3.8, 4) is 5.75 Å². The highest BCUT2D eigenvalue weighted by Crippen LogP contribution is 2.36. The van der Waals surface area contributed by atoms with Gasteiger partial charge < -0.3 is 20.7 Å². The molecule has 0 saturated carbocycles. The lowest BCUT2D eigenvalue weighted by Crippen LogP contribution is -2.51. The van der Waals surface area contributed by atoms with Crippen molar-refractivity contribution in [1.29, 1.82) is 0 Å². The minimum absolute atomic E-state index is 0.0727. The van der Waals surface area contributed by atoms with Crippen LogP contribution in [0.2, 0.25) is 0 Å². The van der Waals surface area contributed by atoms with Crippen LogP contribution < -0.4 is 20.7 Å². The van der Waals surface area contributed by atoms with Gasteiger partial charge in [-0.05, 0) is 29.8 Å². The number of alkyl halides is 3. The van der Waals surface area contributed by atoms with Crippen LogP contribution in [-0.4, -0.2) is 19.0 Å². The first-order chi connectivity index (χ1) is 13.7. The van der Waals surface area contributed by atoms with E-state index >= 15 is 0 Å². The van der Waals surface area contributed by atoms with E-state index in [2.05, 4.69) is 22.5 Å². The molecule has 2 aromatic rings. The molecule has 3 rings (SSSR count). The molecule has 1 aliphatic heterocycles. The Morgan fingerprint density at radius 1 is 1.17 bits per heavy atom. The first kappa shape index (κ1) is 20.2. The lowest BCUT2D eigenvalue weighted by atomic mass is 9.88. The number of methoxy groups -OCH3 is 1. The molecule has 29 heavy (non-hydrogen) atoms. The molecule has 0 bridgehead atoms. The fourth-order valence-electron chi connectivity index (χ4n) is 3.16. The molecule has 1 saturated heterocycles. The van der Waals surface area contributed by atoms with Crippen molar-refractivity contribution < 1.29 is 27.5 Å². The standard InChI is InChI=1S/C20H18F3N3O3/c1-11-16(18(27)25-15-9-4-3-8-14(15)20(21,22)23)17(26-19(28)24-11)12-6-5-7-13(10-12)29-2/h3-10,16-17H,1H2,2H3,(H,25,27)(H2,24,26,28)/t16-,17+/m0/s1. The lowest BCUT2D eigenvalue weighted by molar-refractivity contribution is -0.137. The normalized spacial score (nSPS) is 19.2. The Balaban J connectivity index is 1.95. The van der Waals surface area contributed by atoms with Gasteiger partial charge in [0.25, 0.3) is 0 Å². The predicted molar refractivity (Wildman–Crippen MR) is 100 cm³/mol. The molecule has 152 valence electrons. The van der Waals surface area contributed by atoms with Crippen LogP contribution in [0, 0.1) is 5.92 Å². The highest BCUT2D eigenvalue weighted by molar-refractivity contribution is 5.97. The molecular weight excluding hydrogens is 387 g/mol. The van der Waals surface area contributed by atoms with E-state index in [0.717, 1.165) is 6.07 Å². The maximum Gasteiger partial charge on any atom is 0.418 e. The molecule has 1 heterocycles. The van der Waals surface area contributed by atoms with Crippen LogP contribution in [0.4, 0.5) is 23.7 Å². The summed E-state index contributed by atoms with van der Waals surface area (Å²) in [4.78, 5) is 24.9. The molecule has 1 aliphatic rings. The number of carbonyl (C=O) groups is 2. The number of para-hydroxylation sites is 1. The van der Waals surface area contributed by atoms with Gasteiger partial charge in [-0.2, -0.15) is 13.2 Å². The van der Waals surface area contributed by atoms with Crippen LogP contribution in [-0.2, 0) is 11.0 Å². The first-order valence-corrected chi connectivity index (χ1v) is 8.58. The Morgan fingerprint density at radius 2 is 1.90 bits per heavy atom. The number of urea groups is 1. The second-order valence-electron chi connectivity index (χ2n) is 6.39. The third-order valence-corrected chi connectivity index (χ3v) is 4.50. The fraction of sp³-hybridized carbons (Fsp3) is 0.200. The van der Waals surface area contributed by atoms with Gasteiger partial charge in [-0.25, -0.2) is 4.79 Å². The molecular formula is C20H18F3N3O3. The highest BCUT2D eigenvalue weighted by Gasteiger charge is 2.39. The molecule has 0 unspecified atom stereocenters. The van der Waals surface area contributed by atoms with E-state index in [1.807, 2.05) is 0 Å². The second-order valence-corrected chi connectivity index (χ2v) is 6.39. The number of anilines is 1. The van der Waals surface area contributed by atoms with E-state index in [9.17, 15) is 22.8 Å². The Bertz CT molecular complexity index is 959. The van der Waals surface area contributed by atoms with Gasteiger partial charge in [0.05, 0.1) is 24.4 Å². The minimum atomic E-state index is -4.63. The molecule has 9 heteroatoms. The summed E-state index contributed by atoms with van der Waals surface area (Å²) in [5, 5.41) is 7.35. The van der Waals surface area contributed by atoms with Crippen LogP contribution in [0.5, 0.6) is 5.75 Å². The van der Waals surface area contributed by atoms with Gasteiger partial charge >= 0.3 is 12.2 Å². The number of halogens is 3. The fourth-order valence-corrected chi connectivity index (χ4v) is 3.16. The summed E-state index contributed by atoms with van der Waals surface area (Å²) >= 11 is 0. The quantitative estimate of drug-likeness (QED) is 0.723. The maximum atomic E-state index is 13.2. The summed E-state index contributed by atoms with van der Waals surface area (Å²) in [5.74, 6) is -1.30. The van der Waals surface area contributed by atoms with E-state index in [1.54, 1.807) is 24.3 Å². The van der Waals surface area contributed by atoms with Gasteiger partial charge in [0.1, 0.15) is 11.7 Å². The zero-order valence-electron chi connectivity index (χ0n) is 15.3. The Kier molecular flexibility index (Phi) is 5.49. The summed E-state index contributed by atoms with van der Waals surface area (Å²) in [6.45, 7) is 3.71. The first-order valence-electron chi connectivity index (χ1n) is 8.58. The number of ether oxygens (including phenoxy) is 1. The van der Waals surface area contributed by atoms with Crippen molar-refractivity contribution >= 4 is 17.6 Å². The summed E-state index contributed by atoms with van der Waals surface area (Å²) < 4.78 is 44.9. The molecule has 1 fully saturated rings. The largest absolute Gasteiger partial charge is 0.497 e. The average Bonchev–Trinajstić information content (AvgIpc) is 2.67. The molecule has 6 nitrogen and oxygen atoms in total. The monoisotopic (exact) mass is 405 g/mol. The van der Waals surface area contributed by atoms with Gasteiger partial charge in [0, 0.05) is 5.70 Å². The number of benzene rings is 2. The number of hydrogen-bond donors (Lipinski definition) is 3. The third-order valence-electron chi connectivity index (χ3n) is 4.50. The third kappa shape index (κ3) is 4.34. The van der Waals surface area contributed by atoms with Gasteiger partial charge in [-0.3, -0.25) is 4.79 Å². The SMILES string of the molecule is C=C1NC(=O)N[C@H](c2cccc(OC)c2)[C@H]1C(=O)Nc1ccccc1C(F)(F)F. The molecule has 3 amide bonds. The lowest BCUT2D eigenvalue weighted by Gasteiger charge is -2.34. The Morgan fingerprint density at radius 3 is 2.59 bits per heavy atom. The van der Waals surface area contributed by atoms with Crippen molar-refractivity contribution in [2.24, 2.45) is 5.92 Å². The van der Waals surface area contributed by atoms with Crippen molar-refractivity contribution in [1.82, 2.24) is 10.6 Å². The van der Waals surface area contributed by atoms with Crippen LogP contribution in [0.25, 0.3) is 0 Å². The zero-order valence-corrected chi connectivity index (χ0v) is 15.3. The smallest absolute Gasteiger partial charge is 0.418 e. The van der Waals surface area contributed by atoms with Crippen molar-refractivity contribution in [3.05, 3.63) is 71.9 Å². The summed E-state index contributed by atoms with van der Waals surface area (Å²) in [6.07, 6.45) is -4.63. The van der Waals surface area contributed by atoms with E-state index < -0.39 is 35.6 Å². The Labute approximate surface area is 164 Å². The highest BCUT2D eigenvalue weighted by atomic mass is 19.4. The molecule has 2 aromatic carbocycles. The molecule has 0 aromatic heterocycles. The summed E-state index contributed by atoms with van der Waals surface area (Å²) in [5.41, 5.74) is -0.725. The van der Waals surface area contributed by atoms with Gasteiger partial charge in [0.15, 0.2) is 0 Å². The molecule has 3 N–H and O–H groups in total. The number of rotatable bonds is 4. The van der Waals surface area contributed by atoms with Crippen molar-refractivity contribution in [3.63, 3.8) is 0 Å². The number of hydrogen-bond acceptors (Lipinski definition) is 3. The molecule has 0 aliphatic carbocycles. The summed E-state index contributed by atoms with van der Waals surface area (Å²) in [7, 11) is 1.47. The van der Waals surface area contributed by atoms with E-state index in [4.69, 9.17) is 4.74 Å². The van der Waals surface area contributed by atoms with E-state index in [-0.39, 0.29) is 11.4 Å². The van der Waals surface area contributed by atoms with Crippen molar-refractivity contribution in [2.75, 3.05) is 12.4 Å². The van der Waals surface area contributed by atoms with Crippen LogP contribution >= 0.6 is 0 Å². The topological polar surface area (TPSA) is 79.5 Å². The molecule has 2 atom stereocenters. The van der Waals surface area contributed by atoms with Crippen LogP contribution in [0.1, 0.15) is 17.2 Å². The van der Waals surface area contributed by atoms with Crippen LogP contribution in [0.15, 0.2) is 60.8 Å². The summed E-state index contributed by atoms with van der Waals surface area (Å²) in [6, 6.07) is 9.94. The van der Waals surface area contributed by atoms with E-state index in [0.29, 0.717) is 11.3 Å². The van der Waals surface area contributed by atoms with Crippen LogP contribution in [0.3, 0.4) is 0 Å². The van der Waals surface area contributed by atoms with Gasteiger partial charge in [0.2, 0.25) is 5.91 Å². The number of amides is 3. The minimum Gasteiger partial charge on any atom is -0.497 e. The number of nitrogens with one attached hydrogen (secondary N) is 3. The second kappa shape index (κ2) is 7.86. The van der Waals surface area contributed by atoms with Gasteiger partial charge in [-0.15, -0.1) is 0 Å². The van der Waals surface area contributed by atoms with Crippen molar-refractivity contribution in [2.45, 2.75) is 12.2 Å². The predicted octanol–water partition coefficient (Wildman–Crippen LogP) is 3.84. The average molecular weight is 405 g/mol. The molecule has 0 spiro atoms.